The van der Waals surface area contributed by atoms with E-state index in [2.05, 4.69) is 37.7 Å². The maximum Gasteiger partial charge on any atom is 0.166 e. The maximum absolute atomic E-state index is 14.2. The van der Waals surface area contributed by atoms with E-state index in [-0.39, 0.29) is 11.2 Å². The quantitative estimate of drug-likeness (QED) is 0.728. The summed E-state index contributed by atoms with van der Waals surface area (Å²) in [7, 11) is 0. The molecule has 0 aliphatic heterocycles. The Labute approximate surface area is 148 Å². The number of hydrogen-bond acceptors (Lipinski definition) is 4. The van der Waals surface area contributed by atoms with E-state index in [9.17, 15) is 4.39 Å². The number of ether oxygens (including phenoxy) is 1. The van der Waals surface area contributed by atoms with Crippen molar-refractivity contribution in [2.24, 2.45) is 11.1 Å². The van der Waals surface area contributed by atoms with Crippen LogP contribution in [-0.2, 0) is 6.54 Å². The van der Waals surface area contributed by atoms with Gasteiger partial charge in [0, 0.05) is 6.54 Å². The first kappa shape index (κ1) is 18.9. The molecule has 0 saturated heterocycles. The second kappa shape index (κ2) is 8.12. The molecule has 1 aromatic heterocycles. The molecule has 0 spiro atoms. The Morgan fingerprint density at radius 2 is 2.04 bits per heavy atom. The summed E-state index contributed by atoms with van der Waals surface area (Å²) in [5, 5.41) is 3.33. The van der Waals surface area contributed by atoms with Crippen LogP contribution in [0.15, 0.2) is 43.1 Å². The van der Waals surface area contributed by atoms with Crippen LogP contribution < -0.4 is 15.8 Å². The highest BCUT2D eigenvalue weighted by Crippen LogP contribution is 2.25. The van der Waals surface area contributed by atoms with Gasteiger partial charge in [0.2, 0.25) is 0 Å². The Balaban J connectivity index is 1.93. The van der Waals surface area contributed by atoms with E-state index in [1.54, 1.807) is 18.2 Å². The van der Waals surface area contributed by atoms with E-state index in [4.69, 9.17) is 10.5 Å². The Bertz CT molecular complexity index is 721. The third-order valence-electron chi connectivity index (χ3n) is 3.67. The van der Waals surface area contributed by atoms with Crippen molar-refractivity contribution < 1.29 is 9.13 Å². The first-order chi connectivity index (χ1) is 11.7. The van der Waals surface area contributed by atoms with Gasteiger partial charge in [-0.3, -0.25) is 4.98 Å². The number of halogens is 1. The average Bonchev–Trinajstić information content (AvgIpc) is 2.53. The molecule has 0 aliphatic rings. The van der Waals surface area contributed by atoms with Crippen molar-refractivity contribution in [3.8, 4) is 11.5 Å². The molecule has 0 aliphatic carbocycles. The molecule has 25 heavy (non-hydrogen) atoms. The van der Waals surface area contributed by atoms with Gasteiger partial charge in [0.25, 0.3) is 0 Å². The first-order valence-corrected chi connectivity index (χ1v) is 8.32. The highest BCUT2D eigenvalue weighted by molar-refractivity contribution is 5.56. The highest BCUT2D eigenvalue weighted by atomic mass is 19.1. The molecule has 0 radical (unpaired) electrons. The van der Waals surface area contributed by atoms with Crippen LogP contribution in [0.25, 0.3) is 5.70 Å². The first-order valence-electron chi connectivity index (χ1n) is 8.32. The van der Waals surface area contributed by atoms with Gasteiger partial charge in [-0.2, -0.15) is 0 Å². The molecule has 0 bridgehead atoms. The van der Waals surface area contributed by atoms with Crippen molar-refractivity contribution in [3.63, 3.8) is 0 Å². The van der Waals surface area contributed by atoms with Gasteiger partial charge in [0.15, 0.2) is 11.6 Å². The fourth-order valence-electron chi connectivity index (χ4n) is 2.19. The third kappa shape index (κ3) is 6.19. The van der Waals surface area contributed by atoms with Crippen molar-refractivity contribution in [2.75, 3.05) is 6.54 Å². The summed E-state index contributed by atoms with van der Waals surface area (Å²) in [6, 6.07) is 8.34. The van der Waals surface area contributed by atoms with E-state index in [1.165, 1.54) is 12.3 Å². The van der Waals surface area contributed by atoms with Crippen molar-refractivity contribution in [1.82, 2.24) is 10.3 Å². The van der Waals surface area contributed by atoms with Gasteiger partial charge in [-0.05, 0) is 48.2 Å². The molecular weight excluding hydrogens is 317 g/mol. The number of benzene rings is 1. The summed E-state index contributed by atoms with van der Waals surface area (Å²) in [6.45, 7) is 11.7. The Hall–Kier alpha value is -2.40. The molecule has 1 heterocycles. The van der Waals surface area contributed by atoms with Crippen molar-refractivity contribution in [1.29, 1.82) is 0 Å². The summed E-state index contributed by atoms with van der Waals surface area (Å²) in [6.07, 6.45) is 2.56. The molecule has 0 atom stereocenters. The summed E-state index contributed by atoms with van der Waals surface area (Å²) in [5.74, 6) is 0.210. The molecule has 2 aromatic rings. The number of rotatable bonds is 7. The Morgan fingerprint density at radius 1 is 1.28 bits per heavy atom. The predicted molar refractivity (Wildman–Crippen MR) is 99.7 cm³/mol. The fourth-order valence-corrected chi connectivity index (χ4v) is 2.19. The Kier molecular flexibility index (Phi) is 6.15. The van der Waals surface area contributed by atoms with Crippen LogP contribution >= 0.6 is 0 Å². The molecule has 4 nitrogen and oxygen atoms in total. The zero-order valence-electron chi connectivity index (χ0n) is 15.1. The van der Waals surface area contributed by atoms with E-state index in [0.29, 0.717) is 23.7 Å². The number of aromatic nitrogens is 1. The largest absolute Gasteiger partial charge is 0.453 e. The second-order valence-corrected chi connectivity index (χ2v) is 7.26. The maximum atomic E-state index is 14.2. The normalized spacial score (nSPS) is 11.4. The summed E-state index contributed by atoms with van der Waals surface area (Å²) in [5.41, 5.74) is 7.69. The molecule has 134 valence electrons. The number of nitrogens with one attached hydrogen (secondary N) is 1. The monoisotopic (exact) mass is 343 g/mol. The van der Waals surface area contributed by atoms with Crippen LogP contribution in [0.2, 0.25) is 0 Å². The molecule has 3 N–H and O–H groups in total. The number of nitrogens with zero attached hydrogens (tertiary/aromatic N) is 1. The molecule has 2 rings (SSSR count). The minimum atomic E-state index is -0.401. The van der Waals surface area contributed by atoms with Crippen LogP contribution in [-0.4, -0.2) is 11.5 Å². The van der Waals surface area contributed by atoms with Crippen LogP contribution in [0, 0.1) is 11.2 Å². The Morgan fingerprint density at radius 3 is 2.60 bits per heavy atom. The average molecular weight is 343 g/mol. The van der Waals surface area contributed by atoms with Crippen LogP contribution in [0.4, 0.5) is 4.39 Å². The summed E-state index contributed by atoms with van der Waals surface area (Å²) < 4.78 is 19.8. The molecule has 5 heteroatoms. The molecule has 1 aromatic carbocycles. The summed E-state index contributed by atoms with van der Waals surface area (Å²) >= 11 is 0. The smallest absolute Gasteiger partial charge is 0.166 e. The number of nitrogens with two attached hydrogens (primary N) is 1. The molecule has 0 saturated carbocycles. The van der Waals surface area contributed by atoms with Crippen molar-refractivity contribution in [2.45, 2.75) is 33.7 Å². The van der Waals surface area contributed by atoms with Gasteiger partial charge >= 0.3 is 0 Å². The van der Waals surface area contributed by atoms with Crippen LogP contribution in [0.1, 0.15) is 38.4 Å². The van der Waals surface area contributed by atoms with Crippen LogP contribution in [0.3, 0.4) is 0 Å². The lowest BCUT2D eigenvalue weighted by atomic mass is 9.92. The summed E-state index contributed by atoms with van der Waals surface area (Å²) in [4.78, 5) is 4.11. The second-order valence-electron chi connectivity index (χ2n) is 7.26. The molecule has 0 fully saturated rings. The molecular formula is C20H26FN3O. The number of pyridine rings is 1. The van der Waals surface area contributed by atoms with E-state index in [1.807, 2.05) is 6.07 Å². The van der Waals surface area contributed by atoms with Gasteiger partial charge in [0.1, 0.15) is 5.75 Å². The minimum Gasteiger partial charge on any atom is -0.453 e. The van der Waals surface area contributed by atoms with Gasteiger partial charge < -0.3 is 15.8 Å². The van der Waals surface area contributed by atoms with Gasteiger partial charge in [-0.25, -0.2) is 4.39 Å². The lowest BCUT2D eigenvalue weighted by molar-refractivity contribution is 0.366. The van der Waals surface area contributed by atoms with E-state index < -0.39 is 5.82 Å². The van der Waals surface area contributed by atoms with Gasteiger partial charge in [-0.1, -0.05) is 33.4 Å². The third-order valence-corrected chi connectivity index (χ3v) is 3.67. The van der Waals surface area contributed by atoms with Crippen LogP contribution in [0.5, 0.6) is 11.5 Å². The van der Waals surface area contributed by atoms with Gasteiger partial charge in [0.05, 0.1) is 17.6 Å². The van der Waals surface area contributed by atoms with Gasteiger partial charge in [-0.15, -0.1) is 0 Å². The van der Waals surface area contributed by atoms with Crippen molar-refractivity contribution in [3.05, 3.63) is 60.2 Å². The standard InChI is InChI=1S/C20H26FN3O/c1-14(22)18-7-6-16(13-24-18)25-19-8-5-15(11-17(19)21)12-23-10-9-20(2,3)4/h5-8,11,13,23H,1,9-10,12,22H2,2-4H3. The van der Waals surface area contributed by atoms with E-state index in [0.717, 1.165) is 18.5 Å². The molecule has 0 amide bonds. The fraction of sp³-hybridized carbons (Fsp3) is 0.350. The highest BCUT2D eigenvalue weighted by Gasteiger charge is 2.10. The minimum absolute atomic E-state index is 0.166. The van der Waals surface area contributed by atoms with Crippen molar-refractivity contribution >= 4 is 5.70 Å². The predicted octanol–water partition coefficient (Wildman–Crippen LogP) is 4.47. The SMILES string of the molecule is C=C(N)c1ccc(Oc2ccc(CNCCC(C)(C)C)cc2F)cn1. The molecule has 0 unspecified atom stereocenters. The number of hydrogen-bond donors (Lipinski definition) is 2. The zero-order chi connectivity index (χ0) is 18.4. The lowest BCUT2D eigenvalue weighted by Gasteiger charge is -2.18. The zero-order valence-corrected chi connectivity index (χ0v) is 15.1. The topological polar surface area (TPSA) is 60.2 Å². The van der Waals surface area contributed by atoms with E-state index >= 15 is 0 Å². The lowest BCUT2D eigenvalue weighted by Crippen LogP contribution is -2.20.